The van der Waals surface area contributed by atoms with E-state index in [0.29, 0.717) is 12.0 Å². The fourth-order valence-corrected chi connectivity index (χ4v) is 3.94. The van der Waals surface area contributed by atoms with Gasteiger partial charge in [0.2, 0.25) is 0 Å². The summed E-state index contributed by atoms with van der Waals surface area (Å²) in [5.74, 6) is -0.00211. The quantitative estimate of drug-likeness (QED) is 0.812. The Hall–Kier alpha value is -0.970. The maximum absolute atomic E-state index is 10.8. The van der Waals surface area contributed by atoms with E-state index in [9.17, 15) is 4.79 Å². The molecule has 4 nitrogen and oxygen atoms in total. The van der Waals surface area contributed by atoms with Crippen LogP contribution in [-0.4, -0.2) is 26.4 Å². The van der Waals surface area contributed by atoms with Crippen molar-refractivity contribution < 1.29 is 9.90 Å². The first-order chi connectivity index (χ1) is 9.63. The van der Waals surface area contributed by atoms with Gasteiger partial charge < -0.3 is 9.67 Å². The summed E-state index contributed by atoms with van der Waals surface area (Å²) in [6, 6.07) is 0.420. The van der Waals surface area contributed by atoms with E-state index in [1.165, 1.54) is 49.6 Å². The Bertz CT molecular complexity index is 453. The molecule has 1 aliphatic rings. The van der Waals surface area contributed by atoms with Crippen molar-refractivity contribution in [2.24, 2.45) is 5.92 Å². The highest BCUT2D eigenvalue weighted by Crippen LogP contribution is 2.35. The monoisotopic (exact) mass is 296 g/mol. The zero-order valence-corrected chi connectivity index (χ0v) is 13.2. The van der Waals surface area contributed by atoms with Gasteiger partial charge in [-0.2, -0.15) is 0 Å². The number of rotatable bonds is 6. The van der Waals surface area contributed by atoms with Gasteiger partial charge >= 0.3 is 5.97 Å². The van der Waals surface area contributed by atoms with Gasteiger partial charge in [-0.25, -0.2) is 4.98 Å². The van der Waals surface area contributed by atoms with E-state index in [1.54, 1.807) is 0 Å². The predicted molar refractivity (Wildman–Crippen MR) is 81.3 cm³/mol. The molecule has 1 aliphatic carbocycles. The van der Waals surface area contributed by atoms with Crippen molar-refractivity contribution in [2.75, 3.05) is 5.75 Å². The Morgan fingerprint density at radius 3 is 2.80 bits per heavy atom. The normalized spacial score (nSPS) is 18.1. The first kappa shape index (κ1) is 15.4. The largest absolute Gasteiger partial charge is 0.481 e. The summed E-state index contributed by atoms with van der Waals surface area (Å²) in [5.41, 5.74) is 1.22. The second kappa shape index (κ2) is 7.16. The van der Waals surface area contributed by atoms with Crippen LogP contribution >= 0.6 is 11.8 Å². The number of thioether (sulfide) groups is 1. The molecule has 1 N–H and O–H groups in total. The second-order valence-corrected chi connectivity index (χ2v) is 6.52. The van der Waals surface area contributed by atoms with Crippen LogP contribution in [0.5, 0.6) is 0 Å². The summed E-state index contributed by atoms with van der Waals surface area (Å²) in [7, 11) is 0. The van der Waals surface area contributed by atoms with Crippen LogP contribution in [0, 0.1) is 5.92 Å². The zero-order valence-electron chi connectivity index (χ0n) is 12.3. The lowest BCUT2D eigenvalue weighted by molar-refractivity contribution is -0.133. The van der Waals surface area contributed by atoms with Crippen LogP contribution < -0.4 is 0 Å². The van der Waals surface area contributed by atoms with Gasteiger partial charge in [-0.15, -0.1) is 0 Å². The van der Waals surface area contributed by atoms with Crippen LogP contribution in [0.3, 0.4) is 0 Å². The standard InChI is InChI=1S/C15H24N2O2S/c1-3-13-9-16-15(20-10-14(18)19)17(13)11(2)12-7-5-4-6-8-12/h9,11-12H,3-8,10H2,1-2H3,(H,18,19). The van der Waals surface area contributed by atoms with Gasteiger partial charge in [0.05, 0.1) is 5.75 Å². The summed E-state index contributed by atoms with van der Waals surface area (Å²) in [6.45, 7) is 4.40. The number of imidazole rings is 1. The maximum Gasteiger partial charge on any atom is 0.313 e. The first-order valence-electron chi connectivity index (χ1n) is 7.54. The molecule has 1 fully saturated rings. The average molecular weight is 296 g/mol. The van der Waals surface area contributed by atoms with Crippen LogP contribution in [0.1, 0.15) is 57.7 Å². The van der Waals surface area contributed by atoms with Crippen LogP contribution in [0.25, 0.3) is 0 Å². The molecule has 1 aromatic heterocycles. The number of aliphatic carboxylic acids is 1. The first-order valence-corrected chi connectivity index (χ1v) is 8.52. The topological polar surface area (TPSA) is 55.1 Å². The van der Waals surface area contributed by atoms with Gasteiger partial charge in [-0.3, -0.25) is 4.79 Å². The summed E-state index contributed by atoms with van der Waals surface area (Å²) >= 11 is 1.34. The summed E-state index contributed by atoms with van der Waals surface area (Å²) in [6.07, 6.45) is 9.41. The molecule has 1 saturated carbocycles. The Morgan fingerprint density at radius 2 is 2.20 bits per heavy atom. The molecule has 1 atom stereocenters. The molecule has 0 saturated heterocycles. The molecule has 1 aromatic rings. The molecule has 2 rings (SSSR count). The van der Waals surface area contributed by atoms with E-state index in [1.807, 2.05) is 6.20 Å². The number of carbonyl (C=O) groups is 1. The number of carboxylic acid groups (broad SMARTS) is 1. The lowest BCUT2D eigenvalue weighted by Crippen LogP contribution is -2.21. The highest BCUT2D eigenvalue weighted by molar-refractivity contribution is 7.99. The Labute approximate surface area is 125 Å². The molecule has 20 heavy (non-hydrogen) atoms. The third-order valence-corrected chi connectivity index (χ3v) is 5.22. The van der Waals surface area contributed by atoms with Crippen molar-refractivity contribution >= 4 is 17.7 Å². The molecule has 112 valence electrons. The predicted octanol–water partition coefficient (Wildman–Crippen LogP) is 3.76. The van der Waals surface area contributed by atoms with Gasteiger partial charge in [0, 0.05) is 17.9 Å². The molecule has 0 radical (unpaired) electrons. The summed E-state index contributed by atoms with van der Waals surface area (Å²) in [5, 5.41) is 9.72. The maximum atomic E-state index is 10.8. The molecule has 1 heterocycles. The second-order valence-electron chi connectivity index (χ2n) is 5.58. The van der Waals surface area contributed by atoms with Crippen LogP contribution in [0.2, 0.25) is 0 Å². The molecule has 5 heteroatoms. The van der Waals surface area contributed by atoms with Crippen molar-refractivity contribution in [1.29, 1.82) is 0 Å². The smallest absolute Gasteiger partial charge is 0.313 e. The number of nitrogens with zero attached hydrogens (tertiary/aromatic N) is 2. The Morgan fingerprint density at radius 1 is 1.50 bits per heavy atom. The van der Waals surface area contributed by atoms with Crippen molar-refractivity contribution in [3.8, 4) is 0 Å². The molecular weight excluding hydrogens is 272 g/mol. The van der Waals surface area contributed by atoms with Crippen LogP contribution in [-0.2, 0) is 11.2 Å². The van der Waals surface area contributed by atoms with Gasteiger partial charge in [0.1, 0.15) is 0 Å². The number of hydrogen-bond donors (Lipinski definition) is 1. The Kier molecular flexibility index (Phi) is 5.52. The molecule has 0 amide bonds. The van der Waals surface area contributed by atoms with E-state index >= 15 is 0 Å². The van der Waals surface area contributed by atoms with E-state index in [4.69, 9.17) is 5.11 Å². The summed E-state index contributed by atoms with van der Waals surface area (Å²) < 4.78 is 2.28. The van der Waals surface area contributed by atoms with Gasteiger partial charge in [-0.05, 0) is 32.1 Å². The number of hydrogen-bond acceptors (Lipinski definition) is 3. The zero-order chi connectivity index (χ0) is 14.5. The van der Waals surface area contributed by atoms with Gasteiger partial charge in [0.25, 0.3) is 0 Å². The molecule has 0 aliphatic heterocycles. The van der Waals surface area contributed by atoms with Crippen LogP contribution in [0.15, 0.2) is 11.4 Å². The molecule has 0 spiro atoms. The van der Waals surface area contributed by atoms with Crippen molar-refractivity contribution in [3.63, 3.8) is 0 Å². The van der Waals surface area contributed by atoms with Gasteiger partial charge in [0.15, 0.2) is 5.16 Å². The van der Waals surface area contributed by atoms with E-state index < -0.39 is 5.97 Å². The molecular formula is C15H24N2O2S. The van der Waals surface area contributed by atoms with Crippen LogP contribution in [0.4, 0.5) is 0 Å². The summed E-state index contributed by atoms with van der Waals surface area (Å²) in [4.78, 5) is 15.2. The molecule has 0 aromatic carbocycles. The minimum atomic E-state index is -0.784. The number of carboxylic acids is 1. The van der Waals surface area contributed by atoms with Crippen molar-refractivity contribution in [1.82, 2.24) is 9.55 Å². The van der Waals surface area contributed by atoms with Crippen molar-refractivity contribution in [3.05, 3.63) is 11.9 Å². The minimum Gasteiger partial charge on any atom is -0.481 e. The third kappa shape index (κ3) is 3.57. The highest BCUT2D eigenvalue weighted by atomic mass is 32.2. The third-order valence-electron chi connectivity index (χ3n) is 4.27. The fraction of sp³-hybridized carbons (Fsp3) is 0.733. The minimum absolute atomic E-state index is 0.0809. The highest BCUT2D eigenvalue weighted by Gasteiger charge is 2.25. The van der Waals surface area contributed by atoms with E-state index in [2.05, 4.69) is 23.4 Å². The lowest BCUT2D eigenvalue weighted by atomic mass is 9.84. The number of aromatic nitrogens is 2. The van der Waals surface area contributed by atoms with E-state index in [-0.39, 0.29) is 5.75 Å². The SMILES string of the molecule is CCc1cnc(SCC(=O)O)n1C(C)C1CCCCC1. The molecule has 1 unspecified atom stereocenters. The van der Waals surface area contributed by atoms with Crippen molar-refractivity contribution in [2.45, 2.75) is 63.6 Å². The van der Waals surface area contributed by atoms with E-state index in [0.717, 1.165) is 11.6 Å². The Balaban J connectivity index is 2.18. The molecule has 0 bridgehead atoms. The van der Waals surface area contributed by atoms with Gasteiger partial charge in [-0.1, -0.05) is 37.9 Å². The number of aryl methyl sites for hydroxylation is 1. The lowest BCUT2D eigenvalue weighted by Gasteiger charge is -2.30. The fourth-order valence-electron chi connectivity index (χ4n) is 3.13. The average Bonchev–Trinajstić information content (AvgIpc) is 2.88.